The first-order valence-corrected chi connectivity index (χ1v) is 4.69. The molecule has 1 aromatic rings. The molecule has 1 rings (SSSR count). The lowest BCUT2D eigenvalue weighted by molar-refractivity contribution is -0.0745. The molecular weight excluding hydrogens is 208 g/mol. The SMILES string of the molecule is O=[C]C(O)(O[SH](=O)=O)c1ccccc1. The van der Waals surface area contributed by atoms with Crippen molar-refractivity contribution < 1.29 is 22.5 Å². The maximum absolute atomic E-state index is 10.4. The third kappa shape index (κ3) is 2.38. The minimum atomic E-state index is -3.33. The number of aliphatic hydroxyl groups is 1. The summed E-state index contributed by atoms with van der Waals surface area (Å²) >= 11 is 0. The van der Waals surface area contributed by atoms with Gasteiger partial charge in [0.25, 0.3) is 23.1 Å². The highest BCUT2D eigenvalue weighted by molar-refractivity contribution is 7.67. The Bertz CT molecular complexity index is 378. The molecule has 6 heteroatoms. The minimum absolute atomic E-state index is 0.00852. The summed E-state index contributed by atoms with van der Waals surface area (Å²) in [5.74, 6) is -2.55. The number of hydrogen-bond acceptors (Lipinski definition) is 5. The summed E-state index contributed by atoms with van der Waals surface area (Å²) < 4.78 is 24.5. The van der Waals surface area contributed by atoms with Gasteiger partial charge in [0.2, 0.25) is 0 Å². The van der Waals surface area contributed by atoms with Crippen LogP contribution in [-0.2, 0) is 25.7 Å². The van der Waals surface area contributed by atoms with E-state index in [1.54, 1.807) is 6.07 Å². The van der Waals surface area contributed by atoms with Gasteiger partial charge in [0, 0.05) is 5.56 Å². The molecule has 0 bridgehead atoms. The quantitative estimate of drug-likeness (QED) is 0.522. The predicted octanol–water partition coefficient (Wildman–Crippen LogP) is -0.516. The highest BCUT2D eigenvalue weighted by Crippen LogP contribution is 2.19. The molecule has 1 unspecified atom stereocenters. The molecule has 1 radical (unpaired) electrons. The maximum atomic E-state index is 10.4. The molecule has 0 aliphatic carbocycles. The Morgan fingerprint density at radius 2 is 1.86 bits per heavy atom. The topological polar surface area (TPSA) is 80.7 Å². The third-order valence-corrected chi connectivity index (χ3v) is 1.92. The van der Waals surface area contributed by atoms with Crippen LogP contribution in [0, 0.1) is 0 Å². The molecule has 5 nitrogen and oxygen atoms in total. The summed E-state index contributed by atoms with van der Waals surface area (Å²) in [6.07, 6.45) is 1.13. The smallest absolute Gasteiger partial charge is 0.277 e. The normalized spacial score (nSPS) is 15.0. The lowest BCUT2D eigenvalue weighted by atomic mass is 10.1. The molecule has 0 amide bonds. The minimum Gasteiger partial charge on any atom is -0.355 e. The van der Waals surface area contributed by atoms with Gasteiger partial charge in [-0.3, -0.25) is 4.79 Å². The molecule has 0 spiro atoms. The summed E-state index contributed by atoms with van der Waals surface area (Å²) in [5.41, 5.74) is 0.00852. The molecule has 75 valence electrons. The van der Waals surface area contributed by atoms with E-state index in [4.69, 9.17) is 0 Å². The van der Waals surface area contributed by atoms with Gasteiger partial charge in [-0.25, -0.2) is 12.6 Å². The van der Waals surface area contributed by atoms with Crippen LogP contribution < -0.4 is 0 Å². The first-order chi connectivity index (χ1) is 6.58. The number of rotatable bonds is 4. The molecule has 0 aliphatic heterocycles. The molecular formula is C8H7O5S. The number of hydrogen-bond donors (Lipinski definition) is 2. The van der Waals surface area contributed by atoms with E-state index in [0.29, 0.717) is 0 Å². The van der Waals surface area contributed by atoms with Crippen LogP contribution in [0.15, 0.2) is 30.3 Å². The Kier molecular flexibility index (Phi) is 3.34. The van der Waals surface area contributed by atoms with E-state index in [2.05, 4.69) is 4.18 Å². The first-order valence-electron chi connectivity index (χ1n) is 3.59. The zero-order chi connectivity index (χ0) is 10.6. The molecule has 14 heavy (non-hydrogen) atoms. The van der Waals surface area contributed by atoms with Crippen molar-refractivity contribution in [1.82, 2.24) is 0 Å². The number of carbonyl (C=O) groups excluding carboxylic acids is 1. The van der Waals surface area contributed by atoms with Crippen molar-refractivity contribution in [3.63, 3.8) is 0 Å². The third-order valence-electron chi connectivity index (χ3n) is 1.51. The van der Waals surface area contributed by atoms with Crippen molar-refractivity contribution in [2.24, 2.45) is 0 Å². The number of thiol groups is 1. The lowest BCUT2D eigenvalue weighted by Crippen LogP contribution is -2.30. The van der Waals surface area contributed by atoms with Gasteiger partial charge in [-0.1, -0.05) is 30.3 Å². The van der Waals surface area contributed by atoms with Crippen LogP contribution in [0.25, 0.3) is 0 Å². The largest absolute Gasteiger partial charge is 0.355 e. The summed E-state index contributed by atoms with van der Waals surface area (Å²) in [7, 11) is -3.33. The first kappa shape index (κ1) is 10.8. The van der Waals surface area contributed by atoms with Crippen LogP contribution in [0.5, 0.6) is 0 Å². The van der Waals surface area contributed by atoms with E-state index in [1.807, 2.05) is 0 Å². The van der Waals surface area contributed by atoms with E-state index in [-0.39, 0.29) is 5.56 Å². The second-order valence-corrected chi connectivity index (χ2v) is 3.06. The molecule has 1 N–H and O–H groups in total. The predicted molar refractivity (Wildman–Crippen MR) is 47.4 cm³/mol. The van der Waals surface area contributed by atoms with Gasteiger partial charge in [-0.2, -0.15) is 0 Å². The lowest BCUT2D eigenvalue weighted by Gasteiger charge is -2.16. The fourth-order valence-electron chi connectivity index (χ4n) is 0.902. The fraction of sp³-hybridized carbons (Fsp3) is 0.125. The standard InChI is InChI=1S/C8H7O5S/c9-6-8(10,13-14(11)12)7-4-2-1-3-5-7/h1-5,10,14H. The second kappa shape index (κ2) is 4.32. The summed E-state index contributed by atoms with van der Waals surface area (Å²) in [4.78, 5) is 10.4. The molecule has 1 atom stereocenters. The van der Waals surface area contributed by atoms with Crippen LogP contribution in [0.1, 0.15) is 5.56 Å². The zero-order valence-corrected chi connectivity index (χ0v) is 7.81. The molecule has 0 heterocycles. The van der Waals surface area contributed by atoms with Crippen molar-refractivity contribution in [3.8, 4) is 0 Å². The monoisotopic (exact) mass is 215 g/mol. The molecule has 0 aromatic heterocycles. The average Bonchev–Trinajstić information content (AvgIpc) is 2.18. The van der Waals surface area contributed by atoms with E-state index in [0.717, 1.165) is 6.29 Å². The molecule has 0 aliphatic rings. The van der Waals surface area contributed by atoms with Gasteiger partial charge in [-0.15, -0.1) is 0 Å². The maximum Gasteiger partial charge on any atom is 0.277 e. The van der Waals surface area contributed by atoms with Gasteiger partial charge in [-0.05, 0) is 0 Å². The van der Waals surface area contributed by atoms with Crippen molar-refractivity contribution in [2.45, 2.75) is 5.79 Å². The Morgan fingerprint density at radius 1 is 1.29 bits per heavy atom. The van der Waals surface area contributed by atoms with Crippen LogP contribution >= 0.6 is 0 Å². The van der Waals surface area contributed by atoms with E-state index < -0.39 is 16.8 Å². The van der Waals surface area contributed by atoms with Crippen LogP contribution in [0.2, 0.25) is 0 Å². The van der Waals surface area contributed by atoms with E-state index in [9.17, 15) is 18.3 Å². The second-order valence-electron chi connectivity index (χ2n) is 2.43. The zero-order valence-electron chi connectivity index (χ0n) is 6.91. The van der Waals surface area contributed by atoms with Crippen molar-refractivity contribution in [1.29, 1.82) is 0 Å². The van der Waals surface area contributed by atoms with Crippen molar-refractivity contribution in [2.75, 3.05) is 0 Å². The van der Waals surface area contributed by atoms with Crippen LogP contribution in [-0.4, -0.2) is 19.8 Å². The molecule has 0 saturated heterocycles. The van der Waals surface area contributed by atoms with Crippen molar-refractivity contribution >= 4 is 17.3 Å². The van der Waals surface area contributed by atoms with Gasteiger partial charge < -0.3 is 5.11 Å². The van der Waals surface area contributed by atoms with E-state index >= 15 is 0 Å². The Morgan fingerprint density at radius 3 is 2.29 bits per heavy atom. The highest BCUT2D eigenvalue weighted by atomic mass is 32.2. The van der Waals surface area contributed by atoms with E-state index in [1.165, 1.54) is 24.3 Å². The molecule has 0 fully saturated rings. The molecule has 1 aromatic carbocycles. The van der Waals surface area contributed by atoms with Crippen LogP contribution in [0.3, 0.4) is 0 Å². The highest BCUT2D eigenvalue weighted by Gasteiger charge is 2.32. The summed E-state index contributed by atoms with van der Waals surface area (Å²) in [6, 6.07) is 7.40. The Balaban J connectivity index is 3.07. The van der Waals surface area contributed by atoms with Gasteiger partial charge in [0.1, 0.15) is 0 Å². The van der Waals surface area contributed by atoms with Gasteiger partial charge in [0.05, 0.1) is 0 Å². The summed E-state index contributed by atoms with van der Waals surface area (Å²) in [6.45, 7) is 0. The Labute approximate surface area is 82.1 Å². The number of benzene rings is 1. The molecule has 0 saturated carbocycles. The average molecular weight is 215 g/mol. The Hall–Kier alpha value is -1.24. The summed E-state index contributed by atoms with van der Waals surface area (Å²) in [5, 5.41) is 9.43. The fourth-order valence-corrected chi connectivity index (χ4v) is 1.26. The van der Waals surface area contributed by atoms with Gasteiger partial charge in [0.15, 0.2) is 0 Å². The van der Waals surface area contributed by atoms with Crippen molar-refractivity contribution in [3.05, 3.63) is 35.9 Å². The van der Waals surface area contributed by atoms with Crippen LogP contribution in [0.4, 0.5) is 0 Å². The van der Waals surface area contributed by atoms with Gasteiger partial charge >= 0.3 is 0 Å².